The maximum absolute atomic E-state index is 6.31. The van der Waals surface area contributed by atoms with E-state index in [0.29, 0.717) is 16.0 Å². The van der Waals surface area contributed by atoms with Crippen molar-refractivity contribution in [3.63, 3.8) is 0 Å². The zero-order valence-electron chi connectivity index (χ0n) is 12.4. The molecule has 1 aromatic heterocycles. The van der Waals surface area contributed by atoms with Crippen LogP contribution in [0.25, 0.3) is 0 Å². The summed E-state index contributed by atoms with van der Waals surface area (Å²) in [5, 5.41) is 9.00. The van der Waals surface area contributed by atoms with E-state index in [-0.39, 0.29) is 6.04 Å². The molecule has 1 aromatic carbocycles. The number of aromatic nitrogens is 2. The highest BCUT2D eigenvalue weighted by Crippen LogP contribution is 2.32. The molecule has 0 aliphatic rings. The Bertz CT molecular complexity index is 598. The molecule has 0 fully saturated rings. The van der Waals surface area contributed by atoms with Gasteiger partial charge in [0.1, 0.15) is 0 Å². The quantitative estimate of drug-likeness (QED) is 0.813. The molecular formula is C15H19Cl2N3S. The van der Waals surface area contributed by atoms with Crippen LogP contribution in [0.15, 0.2) is 18.2 Å². The molecular weight excluding hydrogens is 325 g/mol. The zero-order chi connectivity index (χ0) is 15.4. The van der Waals surface area contributed by atoms with Gasteiger partial charge in [-0.15, -0.1) is 5.10 Å². The van der Waals surface area contributed by atoms with Crippen molar-refractivity contribution in [2.75, 3.05) is 6.54 Å². The molecule has 6 heteroatoms. The molecule has 1 heterocycles. The lowest BCUT2D eigenvalue weighted by Gasteiger charge is -2.19. The standard InChI is InChI=1S/C15H19Cl2N3S/c1-4-18-12(15-14(9(2)3)19-20-21-15)8-10-6-5-7-11(16)13(10)17/h5-7,9,12,18H,4,8H2,1-3H3. The number of hydrogen-bond acceptors (Lipinski definition) is 4. The van der Waals surface area contributed by atoms with Crippen LogP contribution < -0.4 is 5.32 Å². The normalized spacial score (nSPS) is 12.9. The van der Waals surface area contributed by atoms with Crippen LogP contribution in [0.4, 0.5) is 0 Å². The second kappa shape index (κ2) is 7.54. The lowest BCUT2D eigenvalue weighted by atomic mass is 10.00. The first-order valence-electron chi connectivity index (χ1n) is 7.03. The highest BCUT2D eigenvalue weighted by atomic mass is 35.5. The average Bonchev–Trinajstić information content (AvgIpc) is 2.92. The Morgan fingerprint density at radius 2 is 2.05 bits per heavy atom. The molecule has 3 nitrogen and oxygen atoms in total. The van der Waals surface area contributed by atoms with Gasteiger partial charge in [-0.2, -0.15) is 0 Å². The number of rotatable bonds is 6. The van der Waals surface area contributed by atoms with E-state index in [1.54, 1.807) is 0 Å². The van der Waals surface area contributed by atoms with Crippen molar-refractivity contribution in [3.8, 4) is 0 Å². The molecule has 0 spiro atoms. The van der Waals surface area contributed by atoms with Gasteiger partial charge in [-0.25, -0.2) is 0 Å². The topological polar surface area (TPSA) is 37.8 Å². The summed E-state index contributed by atoms with van der Waals surface area (Å²) in [6.07, 6.45) is 0.775. The maximum atomic E-state index is 6.31. The van der Waals surface area contributed by atoms with Crippen LogP contribution in [0.1, 0.15) is 48.9 Å². The third-order valence-electron chi connectivity index (χ3n) is 3.31. The van der Waals surface area contributed by atoms with Crippen LogP contribution in [0, 0.1) is 0 Å². The van der Waals surface area contributed by atoms with E-state index in [2.05, 4.69) is 35.7 Å². The Balaban J connectivity index is 2.31. The number of halogens is 2. The predicted molar refractivity (Wildman–Crippen MR) is 90.6 cm³/mol. The van der Waals surface area contributed by atoms with Crippen LogP contribution in [0.3, 0.4) is 0 Å². The average molecular weight is 344 g/mol. The van der Waals surface area contributed by atoms with Crippen LogP contribution in [0.5, 0.6) is 0 Å². The molecule has 0 aliphatic carbocycles. The summed E-state index contributed by atoms with van der Waals surface area (Å²) in [4.78, 5) is 1.18. The number of hydrogen-bond donors (Lipinski definition) is 1. The molecule has 1 unspecified atom stereocenters. The summed E-state index contributed by atoms with van der Waals surface area (Å²) in [6, 6.07) is 5.91. The van der Waals surface area contributed by atoms with E-state index >= 15 is 0 Å². The molecule has 0 radical (unpaired) electrons. The van der Waals surface area contributed by atoms with Gasteiger partial charge < -0.3 is 5.32 Å². The van der Waals surface area contributed by atoms with Crippen LogP contribution in [0.2, 0.25) is 10.0 Å². The fourth-order valence-corrected chi connectivity index (χ4v) is 3.55. The van der Waals surface area contributed by atoms with E-state index in [0.717, 1.165) is 24.2 Å². The van der Waals surface area contributed by atoms with E-state index in [1.807, 2.05) is 18.2 Å². The van der Waals surface area contributed by atoms with E-state index in [1.165, 1.54) is 16.4 Å². The van der Waals surface area contributed by atoms with Gasteiger partial charge in [0.15, 0.2) is 0 Å². The van der Waals surface area contributed by atoms with Crippen molar-refractivity contribution in [3.05, 3.63) is 44.4 Å². The van der Waals surface area contributed by atoms with E-state index in [4.69, 9.17) is 23.2 Å². The van der Waals surface area contributed by atoms with Gasteiger partial charge in [0.2, 0.25) is 0 Å². The molecule has 2 rings (SSSR count). The summed E-state index contributed by atoms with van der Waals surface area (Å²) < 4.78 is 4.12. The van der Waals surface area contributed by atoms with E-state index in [9.17, 15) is 0 Å². The van der Waals surface area contributed by atoms with Crippen molar-refractivity contribution in [2.24, 2.45) is 0 Å². The predicted octanol–water partition coefficient (Wildman–Crippen LogP) is 4.86. The molecule has 21 heavy (non-hydrogen) atoms. The Hall–Kier alpha value is -0.680. The lowest BCUT2D eigenvalue weighted by molar-refractivity contribution is 0.549. The van der Waals surface area contributed by atoms with Crippen molar-refractivity contribution in [1.29, 1.82) is 0 Å². The van der Waals surface area contributed by atoms with E-state index < -0.39 is 0 Å². The van der Waals surface area contributed by atoms with Crippen LogP contribution >= 0.6 is 34.7 Å². The third-order valence-corrected chi connectivity index (χ3v) is 5.02. The van der Waals surface area contributed by atoms with Gasteiger partial charge in [0.05, 0.1) is 20.6 Å². The lowest BCUT2D eigenvalue weighted by Crippen LogP contribution is -2.23. The Morgan fingerprint density at radius 3 is 2.71 bits per heavy atom. The number of likely N-dealkylation sites (N-methyl/N-ethyl adjacent to an activating group) is 1. The van der Waals surface area contributed by atoms with Gasteiger partial charge in [0, 0.05) is 6.04 Å². The molecule has 1 atom stereocenters. The fourth-order valence-electron chi connectivity index (χ4n) is 2.28. The molecule has 2 aromatic rings. The molecule has 1 N–H and O–H groups in total. The minimum Gasteiger partial charge on any atom is -0.309 e. The summed E-state index contributed by atoms with van der Waals surface area (Å²) in [6.45, 7) is 7.24. The SMILES string of the molecule is CCNC(Cc1cccc(Cl)c1Cl)c1snnc1C(C)C. The number of benzene rings is 1. The first-order chi connectivity index (χ1) is 10.0. The van der Waals surface area contributed by atoms with Crippen molar-refractivity contribution in [1.82, 2.24) is 14.9 Å². The van der Waals surface area contributed by atoms with Gasteiger partial charge in [-0.3, -0.25) is 0 Å². The van der Waals surface area contributed by atoms with Crippen molar-refractivity contribution >= 4 is 34.7 Å². The third kappa shape index (κ3) is 3.95. The molecule has 0 aliphatic heterocycles. The first kappa shape index (κ1) is 16.7. The second-order valence-corrected chi connectivity index (χ2v) is 6.78. The Morgan fingerprint density at radius 1 is 1.29 bits per heavy atom. The Labute approximate surface area is 139 Å². The highest BCUT2D eigenvalue weighted by molar-refractivity contribution is 7.05. The second-order valence-electron chi connectivity index (χ2n) is 5.20. The summed E-state index contributed by atoms with van der Waals surface area (Å²) in [7, 11) is 0. The number of nitrogens with zero attached hydrogens (tertiary/aromatic N) is 2. The summed E-state index contributed by atoms with van der Waals surface area (Å²) in [5.41, 5.74) is 2.10. The summed E-state index contributed by atoms with van der Waals surface area (Å²) in [5.74, 6) is 0.356. The monoisotopic (exact) mass is 343 g/mol. The Kier molecular flexibility index (Phi) is 5.99. The summed E-state index contributed by atoms with van der Waals surface area (Å²) >= 11 is 13.9. The fraction of sp³-hybridized carbons (Fsp3) is 0.467. The molecule has 0 saturated carbocycles. The van der Waals surface area contributed by atoms with Gasteiger partial charge in [-0.1, -0.05) is 60.6 Å². The van der Waals surface area contributed by atoms with Crippen molar-refractivity contribution < 1.29 is 0 Å². The van der Waals surface area contributed by atoms with Gasteiger partial charge in [0.25, 0.3) is 0 Å². The van der Waals surface area contributed by atoms with Gasteiger partial charge >= 0.3 is 0 Å². The van der Waals surface area contributed by atoms with Gasteiger partial charge in [-0.05, 0) is 42.0 Å². The molecule has 0 amide bonds. The van der Waals surface area contributed by atoms with Crippen LogP contribution in [-0.4, -0.2) is 16.1 Å². The maximum Gasteiger partial charge on any atom is 0.0829 e. The number of nitrogens with one attached hydrogen (secondary N) is 1. The highest BCUT2D eigenvalue weighted by Gasteiger charge is 2.22. The minimum absolute atomic E-state index is 0.156. The molecule has 114 valence electrons. The largest absolute Gasteiger partial charge is 0.309 e. The molecule has 0 bridgehead atoms. The first-order valence-corrected chi connectivity index (χ1v) is 8.55. The molecule has 0 saturated heterocycles. The zero-order valence-corrected chi connectivity index (χ0v) is 14.7. The minimum atomic E-state index is 0.156. The van der Waals surface area contributed by atoms with Crippen LogP contribution in [-0.2, 0) is 6.42 Å². The van der Waals surface area contributed by atoms with Crippen molar-refractivity contribution in [2.45, 2.75) is 39.2 Å². The smallest absolute Gasteiger partial charge is 0.0829 e.